The van der Waals surface area contributed by atoms with Crippen LogP contribution in [0.25, 0.3) is 0 Å². The van der Waals surface area contributed by atoms with Crippen LogP contribution >= 0.6 is 11.6 Å². The van der Waals surface area contributed by atoms with Crippen LogP contribution in [0.15, 0.2) is 48.8 Å². The number of hydrogen-bond donors (Lipinski definition) is 1. The lowest BCUT2D eigenvalue weighted by molar-refractivity contribution is 0.301. The molecule has 2 aromatic rings. The van der Waals surface area contributed by atoms with E-state index in [0.29, 0.717) is 18.1 Å². The van der Waals surface area contributed by atoms with Crippen molar-refractivity contribution in [3.05, 3.63) is 59.4 Å². The first-order valence-corrected chi connectivity index (χ1v) is 6.18. The third-order valence-corrected chi connectivity index (χ3v) is 2.97. The van der Waals surface area contributed by atoms with E-state index in [9.17, 15) is 0 Å². The molecule has 0 saturated heterocycles. The van der Waals surface area contributed by atoms with Crippen molar-refractivity contribution in [3.8, 4) is 0 Å². The van der Waals surface area contributed by atoms with Gasteiger partial charge in [0.25, 0.3) is 0 Å². The Kier molecular flexibility index (Phi) is 4.56. The Morgan fingerprint density at radius 3 is 2.61 bits per heavy atom. The fourth-order valence-corrected chi connectivity index (χ4v) is 2.07. The van der Waals surface area contributed by atoms with Crippen LogP contribution in [0.4, 0.5) is 5.69 Å². The van der Waals surface area contributed by atoms with E-state index in [2.05, 4.69) is 17.1 Å². The molecule has 0 spiro atoms. The second kappa shape index (κ2) is 6.38. The van der Waals surface area contributed by atoms with E-state index >= 15 is 0 Å². The Bertz CT molecular complexity index is 490. The van der Waals surface area contributed by atoms with Gasteiger partial charge in [-0.05, 0) is 11.6 Å². The van der Waals surface area contributed by atoms with Crippen LogP contribution in [0.1, 0.15) is 5.56 Å². The fraction of sp³-hybridized carbons (Fsp3) is 0.214. The zero-order valence-electron chi connectivity index (χ0n) is 9.96. The fourth-order valence-electron chi connectivity index (χ4n) is 1.83. The molecule has 0 aliphatic rings. The predicted octanol–water partition coefficient (Wildman–Crippen LogP) is 2.73. The molecule has 1 heterocycles. The first kappa shape index (κ1) is 12.9. The lowest BCUT2D eigenvalue weighted by Gasteiger charge is -2.24. The quantitative estimate of drug-likeness (QED) is 0.900. The minimum Gasteiger partial charge on any atom is -0.395 e. The zero-order chi connectivity index (χ0) is 12.8. The SMILES string of the molecule is OCCN(Cc1ccccc1)c1ccncc1Cl. The number of aliphatic hydroxyl groups excluding tert-OH is 1. The van der Waals surface area contributed by atoms with Gasteiger partial charge in [-0.15, -0.1) is 0 Å². The third kappa shape index (κ3) is 3.22. The molecule has 1 aromatic carbocycles. The molecule has 94 valence electrons. The Morgan fingerprint density at radius 1 is 1.17 bits per heavy atom. The van der Waals surface area contributed by atoms with Crippen LogP contribution in [0.3, 0.4) is 0 Å². The van der Waals surface area contributed by atoms with Crippen molar-refractivity contribution in [1.29, 1.82) is 0 Å². The van der Waals surface area contributed by atoms with Gasteiger partial charge in [0, 0.05) is 25.5 Å². The second-order valence-corrected chi connectivity index (χ2v) is 4.37. The van der Waals surface area contributed by atoms with Gasteiger partial charge < -0.3 is 10.0 Å². The molecule has 0 amide bonds. The van der Waals surface area contributed by atoms with E-state index in [-0.39, 0.29) is 6.61 Å². The monoisotopic (exact) mass is 262 g/mol. The zero-order valence-corrected chi connectivity index (χ0v) is 10.7. The molecule has 0 fully saturated rings. The highest BCUT2D eigenvalue weighted by Gasteiger charge is 2.10. The molecule has 0 bridgehead atoms. The highest BCUT2D eigenvalue weighted by molar-refractivity contribution is 6.33. The summed E-state index contributed by atoms with van der Waals surface area (Å²) in [7, 11) is 0. The molecule has 1 aromatic heterocycles. The smallest absolute Gasteiger partial charge is 0.0822 e. The molecule has 0 atom stereocenters. The lowest BCUT2D eigenvalue weighted by atomic mass is 10.2. The summed E-state index contributed by atoms with van der Waals surface area (Å²) in [5.41, 5.74) is 2.07. The Hall–Kier alpha value is -1.58. The molecular formula is C14H15ClN2O. The number of benzene rings is 1. The number of nitrogens with zero attached hydrogens (tertiary/aromatic N) is 2. The average molecular weight is 263 g/mol. The van der Waals surface area contributed by atoms with E-state index in [4.69, 9.17) is 16.7 Å². The van der Waals surface area contributed by atoms with Gasteiger partial charge >= 0.3 is 0 Å². The number of halogens is 1. The van der Waals surface area contributed by atoms with Crippen molar-refractivity contribution < 1.29 is 5.11 Å². The van der Waals surface area contributed by atoms with Crippen LogP contribution < -0.4 is 4.90 Å². The lowest BCUT2D eigenvalue weighted by Crippen LogP contribution is -2.26. The van der Waals surface area contributed by atoms with Crippen LogP contribution in [-0.4, -0.2) is 23.2 Å². The van der Waals surface area contributed by atoms with Crippen molar-refractivity contribution in [2.24, 2.45) is 0 Å². The molecule has 1 N–H and O–H groups in total. The molecule has 18 heavy (non-hydrogen) atoms. The number of hydrogen-bond acceptors (Lipinski definition) is 3. The Labute approximate surface area is 112 Å². The van der Waals surface area contributed by atoms with E-state index < -0.39 is 0 Å². The molecule has 4 heteroatoms. The summed E-state index contributed by atoms with van der Waals surface area (Å²) in [5, 5.41) is 9.77. The summed E-state index contributed by atoms with van der Waals surface area (Å²) in [6, 6.07) is 12.0. The molecular weight excluding hydrogens is 248 g/mol. The highest BCUT2D eigenvalue weighted by Crippen LogP contribution is 2.25. The van der Waals surface area contributed by atoms with Gasteiger partial charge in [0.2, 0.25) is 0 Å². The topological polar surface area (TPSA) is 36.4 Å². The van der Waals surface area contributed by atoms with Gasteiger partial charge in [0.05, 0.1) is 17.3 Å². The summed E-state index contributed by atoms with van der Waals surface area (Å²) >= 11 is 6.14. The standard InChI is InChI=1S/C14H15ClN2O/c15-13-10-16-7-6-14(13)17(8-9-18)11-12-4-2-1-3-5-12/h1-7,10,18H,8-9,11H2. The second-order valence-electron chi connectivity index (χ2n) is 3.96. The molecule has 0 saturated carbocycles. The maximum absolute atomic E-state index is 9.17. The number of aromatic nitrogens is 1. The number of rotatable bonds is 5. The van der Waals surface area contributed by atoms with Crippen molar-refractivity contribution in [1.82, 2.24) is 4.98 Å². The van der Waals surface area contributed by atoms with Crippen LogP contribution in [0, 0.1) is 0 Å². The van der Waals surface area contributed by atoms with Crippen molar-refractivity contribution in [2.45, 2.75) is 6.54 Å². The molecule has 0 radical (unpaired) electrons. The summed E-state index contributed by atoms with van der Waals surface area (Å²) in [6.07, 6.45) is 3.32. The first-order chi connectivity index (χ1) is 8.81. The van der Waals surface area contributed by atoms with Crippen molar-refractivity contribution >= 4 is 17.3 Å². The number of aliphatic hydroxyl groups is 1. The van der Waals surface area contributed by atoms with Gasteiger partial charge in [0.1, 0.15) is 0 Å². The van der Waals surface area contributed by atoms with Crippen molar-refractivity contribution in [3.63, 3.8) is 0 Å². The van der Waals surface area contributed by atoms with Crippen molar-refractivity contribution in [2.75, 3.05) is 18.1 Å². The van der Waals surface area contributed by atoms with E-state index in [1.54, 1.807) is 12.4 Å². The summed E-state index contributed by atoms with van der Waals surface area (Å²) in [6.45, 7) is 1.34. The molecule has 0 aliphatic carbocycles. The predicted molar refractivity (Wildman–Crippen MR) is 73.8 cm³/mol. The molecule has 3 nitrogen and oxygen atoms in total. The molecule has 0 unspecified atom stereocenters. The average Bonchev–Trinajstić information content (AvgIpc) is 2.40. The Morgan fingerprint density at radius 2 is 1.94 bits per heavy atom. The van der Waals surface area contributed by atoms with E-state index in [1.807, 2.05) is 29.2 Å². The maximum Gasteiger partial charge on any atom is 0.0822 e. The first-order valence-electron chi connectivity index (χ1n) is 5.80. The largest absolute Gasteiger partial charge is 0.395 e. The summed E-state index contributed by atoms with van der Waals surface area (Å²) in [5.74, 6) is 0. The van der Waals surface area contributed by atoms with Gasteiger partial charge in [0.15, 0.2) is 0 Å². The summed E-state index contributed by atoms with van der Waals surface area (Å²) in [4.78, 5) is 6.01. The van der Waals surface area contributed by atoms with Crippen LogP contribution in [0.2, 0.25) is 5.02 Å². The van der Waals surface area contributed by atoms with E-state index in [1.165, 1.54) is 5.56 Å². The van der Waals surface area contributed by atoms with Crippen LogP contribution in [-0.2, 0) is 6.54 Å². The Balaban J connectivity index is 2.21. The minimum absolute atomic E-state index is 0.0888. The minimum atomic E-state index is 0.0888. The van der Waals surface area contributed by atoms with Gasteiger partial charge in [-0.25, -0.2) is 0 Å². The normalized spacial score (nSPS) is 10.3. The van der Waals surface area contributed by atoms with Gasteiger partial charge in [-0.3, -0.25) is 4.98 Å². The van der Waals surface area contributed by atoms with Crippen LogP contribution in [0.5, 0.6) is 0 Å². The third-order valence-electron chi connectivity index (χ3n) is 2.68. The maximum atomic E-state index is 9.17. The van der Waals surface area contributed by atoms with Gasteiger partial charge in [-0.2, -0.15) is 0 Å². The van der Waals surface area contributed by atoms with E-state index in [0.717, 1.165) is 5.69 Å². The van der Waals surface area contributed by atoms with Gasteiger partial charge in [-0.1, -0.05) is 41.9 Å². The number of anilines is 1. The highest BCUT2D eigenvalue weighted by atomic mass is 35.5. The summed E-state index contributed by atoms with van der Waals surface area (Å²) < 4.78 is 0. The molecule has 0 aliphatic heterocycles. The number of pyridine rings is 1. The molecule has 2 rings (SSSR count).